The van der Waals surface area contributed by atoms with Gasteiger partial charge in [0.25, 0.3) is 0 Å². The van der Waals surface area contributed by atoms with Crippen molar-refractivity contribution in [2.45, 2.75) is 38.6 Å². The van der Waals surface area contributed by atoms with E-state index in [-0.39, 0.29) is 11.9 Å². The molecule has 20 heavy (non-hydrogen) atoms. The molecule has 2 atom stereocenters. The van der Waals surface area contributed by atoms with Gasteiger partial charge >= 0.3 is 5.82 Å². The highest BCUT2D eigenvalue weighted by Gasteiger charge is 2.34. The molecule has 1 aromatic heterocycles. The summed E-state index contributed by atoms with van der Waals surface area (Å²) in [5, 5.41) is 11.2. The smallest absolute Gasteiger partial charge is 0.358 e. The largest absolute Gasteiger partial charge is 0.406 e. The number of hydrogen-bond acceptors (Lipinski definition) is 5. The average Bonchev–Trinajstić information content (AvgIpc) is 2.74. The maximum atomic E-state index is 11.2. The quantitative estimate of drug-likeness (QED) is 0.668. The third-order valence-corrected chi connectivity index (χ3v) is 4.45. The molecule has 112 valence electrons. The number of anilines is 1. The summed E-state index contributed by atoms with van der Waals surface area (Å²) < 4.78 is 1.79. The van der Waals surface area contributed by atoms with E-state index in [4.69, 9.17) is 5.73 Å². The van der Waals surface area contributed by atoms with Crippen LogP contribution in [0.25, 0.3) is 0 Å². The van der Waals surface area contributed by atoms with E-state index in [1.165, 1.54) is 6.42 Å². The Bertz CT molecular complexity index is 499. The van der Waals surface area contributed by atoms with Crippen LogP contribution >= 0.6 is 0 Å². The van der Waals surface area contributed by atoms with Crippen molar-refractivity contribution in [2.75, 3.05) is 18.5 Å². The molecule has 7 heteroatoms. The first kappa shape index (κ1) is 14.8. The first-order valence-corrected chi connectivity index (χ1v) is 7.08. The van der Waals surface area contributed by atoms with Gasteiger partial charge in [-0.15, -0.1) is 0 Å². The molecule has 1 aliphatic rings. The van der Waals surface area contributed by atoms with Crippen molar-refractivity contribution in [3.8, 4) is 0 Å². The van der Waals surface area contributed by atoms with Gasteiger partial charge in [-0.2, -0.15) is 0 Å². The SMILES string of the molecule is Cc1nc([N+](=O)[O-])c(N(C)C2CCCCC2CN)n1C. The summed E-state index contributed by atoms with van der Waals surface area (Å²) in [6.45, 7) is 2.41. The van der Waals surface area contributed by atoms with E-state index in [0.29, 0.717) is 24.1 Å². The summed E-state index contributed by atoms with van der Waals surface area (Å²) in [4.78, 5) is 16.9. The highest BCUT2D eigenvalue weighted by atomic mass is 16.6. The Hall–Kier alpha value is -1.63. The van der Waals surface area contributed by atoms with Crippen molar-refractivity contribution in [3.05, 3.63) is 15.9 Å². The number of rotatable bonds is 4. The minimum absolute atomic E-state index is 0.0613. The normalized spacial score (nSPS) is 22.8. The second-order valence-corrected chi connectivity index (χ2v) is 5.58. The molecular weight excluding hydrogens is 258 g/mol. The lowest BCUT2D eigenvalue weighted by Gasteiger charge is -2.38. The topological polar surface area (TPSA) is 90.2 Å². The van der Waals surface area contributed by atoms with Crippen LogP contribution in [0.4, 0.5) is 11.6 Å². The number of nitrogens with two attached hydrogens (primary N) is 1. The summed E-state index contributed by atoms with van der Waals surface area (Å²) in [5.41, 5.74) is 5.87. The van der Waals surface area contributed by atoms with E-state index in [1.54, 1.807) is 11.5 Å². The van der Waals surface area contributed by atoms with Crippen LogP contribution in [0.5, 0.6) is 0 Å². The molecule has 0 aliphatic heterocycles. The first-order chi connectivity index (χ1) is 9.47. The Morgan fingerprint density at radius 2 is 2.15 bits per heavy atom. The van der Waals surface area contributed by atoms with Gasteiger partial charge in [-0.3, -0.25) is 4.57 Å². The van der Waals surface area contributed by atoms with Gasteiger partial charge in [0.1, 0.15) is 0 Å². The molecular formula is C13H23N5O2. The fourth-order valence-corrected chi connectivity index (χ4v) is 3.23. The number of imidazole rings is 1. The van der Waals surface area contributed by atoms with Crippen LogP contribution in [0.2, 0.25) is 0 Å². The van der Waals surface area contributed by atoms with Gasteiger partial charge in [0.15, 0.2) is 0 Å². The number of aryl methyl sites for hydroxylation is 1. The third kappa shape index (κ3) is 2.49. The lowest BCUT2D eigenvalue weighted by molar-refractivity contribution is -0.388. The van der Waals surface area contributed by atoms with Gasteiger partial charge < -0.3 is 20.7 Å². The molecule has 0 radical (unpaired) electrons. The zero-order chi connectivity index (χ0) is 14.9. The van der Waals surface area contributed by atoms with E-state index < -0.39 is 4.92 Å². The number of hydrogen-bond donors (Lipinski definition) is 1. The van der Waals surface area contributed by atoms with Gasteiger partial charge in [0.2, 0.25) is 11.6 Å². The van der Waals surface area contributed by atoms with Crippen molar-refractivity contribution >= 4 is 11.6 Å². The molecule has 2 rings (SSSR count). The highest BCUT2D eigenvalue weighted by molar-refractivity contribution is 5.56. The molecule has 1 heterocycles. The van der Waals surface area contributed by atoms with Crippen LogP contribution in [0.1, 0.15) is 31.5 Å². The monoisotopic (exact) mass is 281 g/mol. The first-order valence-electron chi connectivity index (χ1n) is 7.08. The maximum absolute atomic E-state index is 11.2. The lowest BCUT2D eigenvalue weighted by Crippen LogP contribution is -2.44. The Morgan fingerprint density at radius 3 is 2.75 bits per heavy atom. The molecule has 1 saturated carbocycles. The number of aromatic nitrogens is 2. The van der Waals surface area contributed by atoms with E-state index >= 15 is 0 Å². The fraction of sp³-hybridized carbons (Fsp3) is 0.769. The summed E-state index contributed by atoms with van der Waals surface area (Å²) in [6.07, 6.45) is 4.46. The van der Waals surface area contributed by atoms with Crippen LogP contribution in [-0.4, -0.2) is 34.1 Å². The van der Waals surface area contributed by atoms with Crippen LogP contribution in [-0.2, 0) is 7.05 Å². The van der Waals surface area contributed by atoms with Crippen molar-refractivity contribution in [3.63, 3.8) is 0 Å². The molecule has 0 spiro atoms. The highest BCUT2D eigenvalue weighted by Crippen LogP contribution is 2.34. The van der Waals surface area contributed by atoms with E-state index in [9.17, 15) is 10.1 Å². The predicted molar refractivity (Wildman–Crippen MR) is 77.8 cm³/mol. The standard InChI is InChI=1S/C13H23N5O2/c1-9-15-12(18(19)20)13(16(9)2)17(3)11-7-5-4-6-10(11)8-14/h10-11H,4-8,14H2,1-3H3. The molecule has 1 aliphatic carbocycles. The van der Waals surface area contributed by atoms with Gasteiger partial charge in [0, 0.05) is 27.1 Å². The molecule has 0 aromatic carbocycles. The van der Waals surface area contributed by atoms with Gasteiger partial charge in [-0.1, -0.05) is 12.8 Å². The Kier molecular flexibility index (Phi) is 4.27. The van der Waals surface area contributed by atoms with Crippen LogP contribution in [0, 0.1) is 23.0 Å². The zero-order valence-electron chi connectivity index (χ0n) is 12.4. The summed E-state index contributed by atoms with van der Waals surface area (Å²) in [5.74, 6) is 1.56. The lowest BCUT2D eigenvalue weighted by atomic mass is 9.84. The van der Waals surface area contributed by atoms with E-state index in [1.807, 2.05) is 19.0 Å². The van der Waals surface area contributed by atoms with Crippen molar-refractivity contribution in [1.82, 2.24) is 9.55 Å². The molecule has 2 unspecified atom stereocenters. The van der Waals surface area contributed by atoms with Crippen LogP contribution < -0.4 is 10.6 Å². The zero-order valence-corrected chi connectivity index (χ0v) is 12.4. The van der Waals surface area contributed by atoms with Gasteiger partial charge in [-0.05, 0) is 35.2 Å². The van der Waals surface area contributed by atoms with Crippen LogP contribution in [0.15, 0.2) is 0 Å². The Morgan fingerprint density at radius 1 is 1.50 bits per heavy atom. The molecule has 2 N–H and O–H groups in total. The number of nitrogens with zero attached hydrogens (tertiary/aromatic N) is 4. The molecule has 1 aromatic rings. The second-order valence-electron chi connectivity index (χ2n) is 5.58. The molecule has 0 bridgehead atoms. The molecule has 0 saturated heterocycles. The van der Waals surface area contributed by atoms with Crippen molar-refractivity contribution in [2.24, 2.45) is 18.7 Å². The fourth-order valence-electron chi connectivity index (χ4n) is 3.23. The van der Waals surface area contributed by atoms with E-state index in [0.717, 1.165) is 19.3 Å². The summed E-state index contributed by atoms with van der Waals surface area (Å²) in [6, 6.07) is 0.252. The van der Waals surface area contributed by atoms with Crippen LogP contribution in [0.3, 0.4) is 0 Å². The maximum Gasteiger partial charge on any atom is 0.406 e. The van der Waals surface area contributed by atoms with Crippen molar-refractivity contribution in [1.29, 1.82) is 0 Å². The molecule has 0 amide bonds. The minimum atomic E-state index is -0.404. The van der Waals surface area contributed by atoms with Gasteiger partial charge in [0.05, 0.1) is 0 Å². The second kappa shape index (κ2) is 5.78. The van der Waals surface area contributed by atoms with E-state index in [2.05, 4.69) is 4.98 Å². The average molecular weight is 281 g/mol. The summed E-state index contributed by atoms with van der Waals surface area (Å²) in [7, 11) is 3.74. The molecule has 1 fully saturated rings. The Balaban J connectivity index is 2.37. The summed E-state index contributed by atoms with van der Waals surface area (Å²) >= 11 is 0. The van der Waals surface area contributed by atoms with Crippen molar-refractivity contribution < 1.29 is 4.92 Å². The molecule has 7 nitrogen and oxygen atoms in total. The van der Waals surface area contributed by atoms with Gasteiger partial charge in [-0.25, -0.2) is 0 Å². The predicted octanol–water partition coefficient (Wildman–Crippen LogP) is 1.59. The third-order valence-electron chi connectivity index (χ3n) is 4.45. The Labute approximate surface area is 118 Å². The number of nitro groups is 1. The minimum Gasteiger partial charge on any atom is -0.358 e.